The zero-order valence-corrected chi connectivity index (χ0v) is 24.6. The molecule has 0 amide bonds. The van der Waals surface area contributed by atoms with Gasteiger partial charge in [0, 0.05) is 16.7 Å². The average Bonchev–Trinajstić information content (AvgIpc) is 3.26. The SMILES string of the molecule is CCOC(=O)C1=C(C)N=c2s/c(=C/c3ccccc3OCc3ccccc3F)c(=O)n2C1c1ccccc1OC(C)C. The molecule has 0 aliphatic carbocycles. The van der Waals surface area contributed by atoms with Crippen LogP contribution in [-0.2, 0) is 16.1 Å². The molecule has 3 aromatic carbocycles. The second-order valence-electron chi connectivity index (χ2n) is 9.92. The maximum Gasteiger partial charge on any atom is 0.338 e. The van der Waals surface area contributed by atoms with Crippen molar-refractivity contribution in [3.8, 4) is 11.5 Å². The third kappa shape index (κ3) is 5.92. The Labute approximate surface area is 246 Å². The van der Waals surface area contributed by atoms with Gasteiger partial charge in [-0.05, 0) is 52.0 Å². The van der Waals surface area contributed by atoms with Gasteiger partial charge in [0.2, 0.25) is 0 Å². The molecule has 1 aliphatic rings. The predicted molar refractivity (Wildman–Crippen MR) is 160 cm³/mol. The smallest absolute Gasteiger partial charge is 0.338 e. The largest absolute Gasteiger partial charge is 0.491 e. The molecule has 42 heavy (non-hydrogen) atoms. The number of esters is 1. The third-order valence-electron chi connectivity index (χ3n) is 6.64. The number of thiazole rings is 1. The van der Waals surface area contributed by atoms with E-state index in [0.717, 1.165) is 0 Å². The first-order valence-corrected chi connectivity index (χ1v) is 14.5. The van der Waals surface area contributed by atoms with Gasteiger partial charge < -0.3 is 14.2 Å². The summed E-state index contributed by atoms with van der Waals surface area (Å²) in [5.41, 5.74) is 2.17. The number of aromatic nitrogens is 1. The maximum absolute atomic E-state index is 14.2. The van der Waals surface area contributed by atoms with Crippen molar-refractivity contribution in [1.82, 2.24) is 4.57 Å². The van der Waals surface area contributed by atoms with Gasteiger partial charge in [0.15, 0.2) is 4.80 Å². The van der Waals surface area contributed by atoms with Crippen LogP contribution in [0.1, 0.15) is 50.4 Å². The summed E-state index contributed by atoms with van der Waals surface area (Å²) < 4.78 is 33.6. The van der Waals surface area contributed by atoms with Crippen molar-refractivity contribution < 1.29 is 23.4 Å². The van der Waals surface area contributed by atoms with Crippen LogP contribution in [0.4, 0.5) is 4.39 Å². The Kier molecular flexibility index (Phi) is 8.68. The molecule has 216 valence electrons. The van der Waals surface area contributed by atoms with Gasteiger partial charge in [0.05, 0.1) is 28.5 Å². The topological polar surface area (TPSA) is 79.1 Å². The first kappa shape index (κ1) is 29.0. The van der Waals surface area contributed by atoms with E-state index in [1.54, 1.807) is 44.2 Å². The van der Waals surface area contributed by atoms with Gasteiger partial charge in [-0.1, -0.05) is 65.9 Å². The van der Waals surface area contributed by atoms with Crippen LogP contribution in [0.25, 0.3) is 6.08 Å². The van der Waals surface area contributed by atoms with Crippen LogP contribution in [0.3, 0.4) is 0 Å². The number of carbonyl (C=O) groups excluding carboxylic acids is 1. The second kappa shape index (κ2) is 12.6. The lowest BCUT2D eigenvalue weighted by Crippen LogP contribution is -2.40. The van der Waals surface area contributed by atoms with E-state index >= 15 is 0 Å². The van der Waals surface area contributed by atoms with Crippen molar-refractivity contribution in [2.24, 2.45) is 4.99 Å². The van der Waals surface area contributed by atoms with Crippen LogP contribution in [0, 0.1) is 5.82 Å². The zero-order chi connectivity index (χ0) is 29.8. The predicted octanol–water partition coefficient (Wildman–Crippen LogP) is 5.30. The van der Waals surface area contributed by atoms with Gasteiger partial charge in [-0.15, -0.1) is 0 Å². The van der Waals surface area contributed by atoms with E-state index in [4.69, 9.17) is 14.2 Å². The molecule has 1 atom stereocenters. The molecule has 0 spiro atoms. The molecule has 1 aromatic heterocycles. The van der Waals surface area contributed by atoms with Crippen molar-refractivity contribution in [3.63, 3.8) is 0 Å². The molecule has 2 heterocycles. The number of ether oxygens (including phenoxy) is 3. The van der Waals surface area contributed by atoms with Crippen LogP contribution >= 0.6 is 11.3 Å². The zero-order valence-electron chi connectivity index (χ0n) is 23.8. The monoisotopic (exact) mass is 586 g/mol. The number of hydrogen-bond donors (Lipinski definition) is 0. The lowest BCUT2D eigenvalue weighted by Gasteiger charge is -2.26. The maximum atomic E-state index is 14.2. The van der Waals surface area contributed by atoms with E-state index in [1.807, 2.05) is 56.3 Å². The highest BCUT2D eigenvalue weighted by molar-refractivity contribution is 7.07. The standard InChI is InChI=1S/C33H31FN2O5S/c1-5-39-32(38)29-21(4)35-33-36(30(29)24-14-8-11-17-27(24)41-20(2)3)31(37)28(42-33)18-22-12-7-10-16-26(22)40-19-23-13-6-9-15-25(23)34/h6-18,20,30H,5,19H2,1-4H3/b28-18+. The molecule has 0 N–H and O–H groups in total. The fraction of sp³-hybridized carbons (Fsp3) is 0.242. The Morgan fingerprint density at radius 3 is 2.48 bits per heavy atom. The number of para-hydroxylation sites is 2. The van der Waals surface area contributed by atoms with Crippen molar-refractivity contribution in [2.75, 3.05) is 6.61 Å². The number of benzene rings is 3. The van der Waals surface area contributed by atoms with Gasteiger partial charge >= 0.3 is 5.97 Å². The highest BCUT2D eigenvalue weighted by atomic mass is 32.1. The molecule has 1 aliphatic heterocycles. The molecular weight excluding hydrogens is 555 g/mol. The van der Waals surface area contributed by atoms with E-state index in [1.165, 1.54) is 22.0 Å². The fourth-order valence-electron chi connectivity index (χ4n) is 4.80. The molecule has 4 aromatic rings. The van der Waals surface area contributed by atoms with Gasteiger partial charge in [-0.25, -0.2) is 14.2 Å². The van der Waals surface area contributed by atoms with Crippen LogP contribution < -0.4 is 24.4 Å². The second-order valence-corrected chi connectivity index (χ2v) is 10.9. The summed E-state index contributed by atoms with van der Waals surface area (Å²) in [7, 11) is 0. The summed E-state index contributed by atoms with van der Waals surface area (Å²) in [4.78, 5) is 32.4. The number of hydrogen-bond acceptors (Lipinski definition) is 7. The number of allylic oxidation sites excluding steroid dienone is 1. The van der Waals surface area contributed by atoms with E-state index in [2.05, 4.69) is 4.99 Å². The van der Waals surface area contributed by atoms with Crippen molar-refractivity contribution in [1.29, 1.82) is 0 Å². The number of fused-ring (bicyclic) bond motifs is 1. The molecule has 0 saturated heterocycles. The first-order valence-electron chi connectivity index (χ1n) is 13.7. The molecule has 0 bridgehead atoms. The van der Waals surface area contributed by atoms with Crippen LogP contribution in [0.15, 0.2) is 93.9 Å². The molecule has 7 nitrogen and oxygen atoms in total. The Balaban J connectivity index is 1.63. The fourth-order valence-corrected chi connectivity index (χ4v) is 5.83. The average molecular weight is 587 g/mol. The molecule has 1 unspecified atom stereocenters. The lowest BCUT2D eigenvalue weighted by atomic mass is 9.95. The van der Waals surface area contributed by atoms with Crippen molar-refractivity contribution in [3.05, 3.63) is 126 Å². The molecule has 9 heteroatoms. The molecule has 5 rings (SSSR count). The summed E-state index contributed by atoms with van der Waals surface area (Å²) >= 11 is 1.22. The Hall–Kier alpha value is -4.50. The molecule has 0 fully saturated rings. The van der Waals surface area contributed by atoms with Crippen LogP contribution in [-0.4, -0.2) is 23.2 Å². The van der Waals surface area contributed by atoms with E-state index in [0.29, 0.717) is 43.2 Å². The van der Waals surface area contributed by atoms with Crippen molar-refractivity contribution >= 4 is 23.4 Å². The van der Waals surface area contributed by atoms with Gasteiger partial charge in [-0.3, -0.25) is 9.36 Å². The van der Waals surface area contributed by atoms with Gasteiger partial charge in [-0.2, -0.15) is 0 Å². The lowest BCUT2D eigenvalue weighted by molar-refractivity contribution is -0.139. The Bertz CT molecular complexity index is 1840. The summed E-state index contributed by atoms with van der Waals surface area (Å²) in [6.07, 6.45) is 1.61. The Morgan fingerprint density at radius 1 is 1.05 bits per heavy atom. The van der Waals surface area contributed by atoms with Gasteiger partial charge in [0.1, 0.15) is 30.0 Å². The summed E-state index contributed by atoms with van der Waals surface area (Å²) in [5, 5.41) is 0. The third-order valence-corrected chi connectivity index (χ3v) is 7.62. The minimum atomic E-state index is -0.801. The van der Waals surface area contributed by atoms with E-state index in [9.17, 15) is 14.0 Å². The first-order chi connectivity index (χ1) is 20.3. The van der Waals surface area contributed by atoms with E-state index < -0.39 is 12.0 Å². The summed E-state index contributed by atoms with van der Waals surface area (Å²) in [6, 6.07) is 20.3. The molecule has 0 radical (unpaired) electrons. The minimum absolute atomic E-state index is 0.0352. The molecule has 0 saturated carbocycles. The number of rotatable bonds is 9. The quantitative estimate of drug-likeness (QED) is 0.249. The number of halogens is 1. The normalized spacial score (nSPS) is 14.9. The van der Waals surface area contributed by atoms with E-state index in [-0.39, 0.29) is 36.3 Å². The number of carbonyl (C=O) groups is 1. The highest BCUT2D eigenvalue weighted by Crippen LogP contribution is 2.36. The van der Waals surface area contributed by atoms with Crippen LogP contribution in [0.2, 0.25) is 0 Å². The molecular formula is C33H31FN2O5S. The minimum Gasteiger partial charge on any atom is -0.491 e. The summed E-state index contributed by atoms with van der Waals surface area (Å²) in [5.74, 6) is 0.180. The van der Waals surface area contributed by atoms with Crippen LogP contribution in [0.5, 0.6) is 11.5 Å². The van der Waals surface area contributed by atoms with Gasteiger partial charge in [0.25, 0.3) is 5.56 Å². The number of nitrogens with zero attached hydrogens (tertiary/aromatic N) is 2. The summed E-state index contributed by atoms with van der Waals surface area (Å²) in [6.45, 7) is 7.53. The van der Waals surface area contributed by atoms with Crippen molar-refractivity contribution in [2.45, 2.75) is 46.4 Å². The highest BCUT2D eigenvalue weighted by Gasteiger charge is 2.35. The Morgan fingerprint density at radius 2 is 1.74 bits per heavy atom.